The minimum atomic E-state index is -0.726. The highest BCUT2D eigenvalue weighted by atomic mass is 28.3. The summed E-state index contributed by atoms with van der Waals surface area (Å²) in [6.07, 6.45) is 1.61. The molecule has 147 valence electrons. The monoisotopic (exact) mass is 371 g/mol. The highest BCUT2D eigenvalue weighted by Crippen LogP contribution is 2.31. The fraction of sp³-hybridized carbons (Fsp3) is 0.900. The van der Waals surface area contributed by atoms with Gasteiger partial charge in [0.1, 0.15) is 27.1 Å². The minimum absolute atomic E-state index is 0.142. The zero-order valence-electron chi connectivity index (χ0n) is 18.1. The number of ether oxygens (including phenoxy) is 4. The molecule has 0 saturated heterocycles. The van der Waals surface area contributed by atoms with E-state index in [1.165, 1.54) is 0 Å². The Morgan fingerprint density at radius 1 is 0.880 bits per heavy atom. The van der Waals surface area contributed by atoms with E-state index in [1.807, 2.05) is 0 Å². The molecule has 0 saturated carbocycles. The van der Waals surface area contributed by atoms with Crippen molar-refractivity contribution in [2.75, 3.05) is 6.61 Å². The van der Waals surface area contributed by atoms with Crippen LogP contribution in [0.25, 0.3) is 0 Å². The van der Waals surface area contributed by atoms with E-state index in [4.69, 9.17) is 18.9 Å². The van der Waals surface area contributed by atoms with Crippen LogP contribution >= 0.6 is 0 Å². The lowest BCUT2D eigenvalue weighted by molar-refractivity contribution is -0.205. The molecular weight excluding hydrogens is 332 g/mol. The smallest absolute Gasteiger partial charge is 0.150 e. The number of hydrogen-bond donors (Lipinski definition) is 0. The summed E-state index contributed by atoms with van der Waals surface area (Å²) in [5.74, 6) is 0. The molecule has 0 spiro atoms. The third-order valence-corrected chi connectivity index (χ3v) is 4.71. The van der Waals surface area contributed by atoms with Gasteiger partial charge < -0.3 is 18.9 Å². The van der Waals surface area contributed by atoms with Gasteiger partial charge in [0.25, 0.3) is 0 Å². The van der Waals surface area contributed by atoms with E-state index >= 15 is 0 Å². The summed E-state index contributed by atoms with van der Waals surface area (Å²) in [4.78, 5) is 0. The fourth-order valence-electron chi connectivity index (χ4n) is 2.53. The van der Waals surface area contributed by atoms with Crippen LogP contribution < -0.4 is 0 Å². The first-order chi connectivity index (χ1) is 11.1. The second-order valence-corrected chi connectivity index (χ2v) is 12.5. The third-order valence-electron chi connectivity index (χ3n) is 3.44. The van der Waals surface area contributed by atoms with Gasteiger partial charge in [-0.3, -0.25) is 0 Å². The molecule has 0 aromatic heterocycles. The minimum Gasteiger partial charge on any atom is -0.495 e. The van der Waals surface area contributed by atoms with Crippen LogP contribution in [0.15, 0.2) is 11.5 Å². The summed E-state index contributed by atoms with van der Waals surface area (Å²) < 4.78 is 25.1. The van der Waals surface area contributed by atoms with Crippen molar-refractivity contribution in [2.45, 2.75) is 111 Å². The van der Waals surface area contributed by atoms with E-state index in [2.05, 4.69) is 81.5 Å². The molecule has 0 bridgehead atoms. The second kappa shape index (κ2) is 8.11. The Labute approximate surface area is 156 Å². The molecule has 0 aromatic rings. The summed E-state index contributed by atoms with van der Waals surface area (Å²) in [7, 11) is -0.726. The zero-order chi connectivity index (χ0) is 19.6. The molecule has 0 aromatic carbocycles. The van der Waals surface area contributed by atoms with Crippen LogP contribution in [0.1, 0.15) is 62.3 Å². The molecule has 5 heteroatoms. The SMILES string of the molecule is C[Si](C)C1=C[C@@H](OC(C)(C)C)[C@H](OC(C)(C)C)[C@@H](COC(C)(C)C)O1. The van der Waals surface area contributed by atoms with E-state index in [0.717, 1.165) is 5.38 Å². The first-order valence-electron chi connectivity index (χ1n) is 9.26. The van der Waals surface area contributed by atoms with Crippen LogP contribution in [0.5, 0.6) is 0 Å². The van der Waals surface area contributed by atoms with Crippen molar-refractivity contribution >= 4 is 8.80 Å². The van der Waals surface area contributed by atoms with Crippen LogP contribution in [-0.2, 0) is 18.9 Å². The predicted octanol–water partition coefficient (Wildman–Crippen LogP) is 4.75. The van der Waals surface area contributed by atoms with E-state index in [9.17, 15) is 0 Å². The van der Waals surface area contributed by atoms with Gasteiger partial charge in [-0.25, -0.2) is 0 Å². The van der Waals surface area contributed by atoms with Gasteiger partial charge in [0.15, 0.2) is 0 Å². The molecule has 0 aliphatic carbocycles. The lowest BCUT2D eigenvalue weighted by Gasteiger charge is -2.43. The van der Waals surface area contributed by atoms with Gasteiger partial charge in [-0.15, -0.1) is 0 Å². The van der Waals surface area contributed by atoms with Crippen molar-refractivity contribution in [3.05, 3.63) is 11.5 Å². The summed E-state index contributed by atoms with van der Waals surface area (Å²) >= 11 is 0. The second-order valence-electron chi connectivity index (χ2n) is 10.0. The topological polar surface area (TPSA) is 36.9 Å². The largest absolute Gasteiger partial charge is 0.495 e. The molecule has 1 aliphatic rings. The van der Waals surface area contributed by atoms with Gasteiger partial charge in [0.05, 0.1) is 28.8 Å². The van der Waals surface area contributed by atoms with E-state index < -0.39 is 8.80 Å². The molecular formula is C20H39O4Si. The Balaban J connectivity index is 3.14. The molecule has 0 amide bonds. The predicted molar refractivity (Wildman–Crippen MR) is 105 cm³/mol. The van der Waals surface area contributed by atoms with Crippen molar-refractivity contribution in [1.29, 1.82) is 0 Å². The Morgan fingerprint density at radius 2 is 1.40 bits per heavy atom. The molecule has 25 heavy (non-hydrogen) atoms. The van der Waals surface area contributed by atoms with Gasteiger partial charge in [0.2, 0.25) is 0 Å². The van der Waals surface area contributed by atoms with E-state index in [-0.39, 0.29) is 35.1 Å². The Hall–Kier alpha value is -0.363. The van der Waals surface area contributed by atoms with Crippen LogP contribution in [0.3, 0.4) is 0 Å². The highest BCUT2D eigenvalue weighted by molar-refractivity contribution is 6.63. The molecule has 1 rings (SSSR count). The molecule has 0 N–H and O–H groups in total. The van der Waals surface area contributed by atoms with Crippen LogP contribution in [0.2, 0.25) is 13.1 Å². The lowest BCUT2D eigenvalue weighted by atomic mass is 10.0. The quantitative estimate of drug-likeness (QED) is 0.654. The Kier molecular flexibility index (Phi) is 7.36. The number of rotatable bonds is 5. The Bertz CT molecular complexity index is 452. The van der Waals surface area contributed by atoms with Crippen LogP contribution in [-0.4, -0.2) is 50.5 Å². The van der Waals surface area contributed by atoms with Crippen molar-refractivity contribution in [3.63, 3.8) is 0 Å². The van der Waals surface area contributed by atoms with Gasteiger partial charge in [0, 0.05) is 0 Å². The van der Waals surface area contributed by atoms with E-state index in [0.29, 0.717) is 6.61 Å². The van der Waals surface area contributed by atoms with E-state index in [1.54, 1.807) is 0 Å². The van der Waals surface area contributed by atoms with Crippen molar-refractivity contribution < 1.29 is 18.9 Å². The van der Waals surface area contributed by atoms with Crippen molar-refractivity contribution in [3.8, 4) is 0 Å². The molecule has 1 aliphatic heterocycles. The summed E-state index contributed by atoms with van der Waals surface area (Å²) in [5.41, 5.74) is -0.762. The average Bonchev–Trinajstić information content (AvgIpc) is 2.34. The summed E-state index contributed by atoms with van der Waals surface area (Å²) in [6, 6.07) is 0. The lowest BCUT2D eigenvalue weighted by Crippen LogP contribution is -2.53. The maximum absolute atomic E-state index is 6.38. The maximum Gasteiger partial charge on any atom is 0.150 e. The first kappa shape index (κ1) is 22.7. The first-order valence-corrected chi connectivity index (χ1v) is 11.8. The molecule has 3 atom stereocenters. The molecule has 4 nitrogen and oxygen atoms in total. The van der Waals surface area contributed by atoms with Crippen molar-refractivity contribution in [1.82, 2.24) is 0 Å². The molecule has 1 radical (unpaired) electrons. The normalized spacial score (nSPS) is 25.8. The summed E-state index contributed by atoms with van der Waals surface area (Å²) in [6.45, 7) is 23.6. The Morgan fingerprint density at radius 3 is 1.80 bits per heavy atom. The third kappa shape index (κ3) is 8.71. The summed E-state index contributed by atoms with van der Waals surface area (Å²) in [5, 5.41) is 1.05. The molecule has 0 fully saturated rings. The highest BCUT2D eigenvalue weighted by Gasteiger charge is 2.41. The van der Waals surface area contributed by atoms with Crippen LogP contribution in [0.4, 0.5) is 0 Å². The van der Waals surface area contributed by atoms with Gasteiger partial charge in [-0.2, -0.15) is 0 Å². The van der Waals surface area contributed by atoms with Crippen molar-refractivity contribution in [2.24, 2.45) is 0 Å². The maximum atomic E-state index is 6.38. The van der Waals surface area contributed by atoms with Crippen LogP contribution in [0, 0.1) is 0 Å². The van der Waals surface area contributed by atoms with Gasteiger partial charge >= 0.3 is 0 Å². The van der Waals surface area contributed by atoms with Gasteiger partial charge in [-0.05, 0) is 68.4 Å². The fourth-order valence-corrected chi connectivity index (χ4v) is 3.42. The standard InChI is InChI=1S/C20H39O4Si/c1-18(2,3)21-13-15-17(24-20(7,8)9)14(23-19(4,5)6)12-16(22-15)25(10)11/h12,14-15,17H,13H2,1-11H3/t14-,15-,17+/m1/s1. The zero-order valence-corrected chi connectivity index (χ0v) is 19.1. The van der Waals surface area contributed by atoms with Gasteiger partial charge in [-0.1, -0.05) is 13.1 Å². The number of hydrogen-bond acceptors (Lipinski definition) is 4. The average molecular weight is 372 g/mol. The molecule has 1 heterocycles. The molecule has 0 unspecified atom stereocenters.